The summed E-state index contributed by atoms with van der Waals surface area (Å²) < 4.78 is 5.28. The molecule has 25 heavy (non-hydrogen) atoms. The van der Waals surface area contributed by atoms with Gasteiger partial charge in [0.25, 0.3) is 0 Å². The molecule has 0 spiro atoms. The zero-order valence-corrected chi connectivity index (χ0v) is 13.7. The van der Waals surface area contributed by atoms with Gasteiger partial charge in [-0.05, 0) is 47.5 Å². The molecule has 0 aliphatic heterocycles. The molecule has 0 unspecified atom stereocenters. The Morgan fingerprint density at radius 1 is 1.00 bits per heavy atom. The molecular formula is C21H17NO3. The normalized spacial score (nSPS) is 11.1. The summed E-state index contributed by atoms with van der Waals surface area (Å²) in [5.41, 5.74) is 2.40. The van der Waals surface area contributed by atoms with Gasteiger partial charge in [-0.3, -0.25) is 0 Å². The smallest absolute Gasteiger partial charge is 0.336 e. The number of phenolic OH excluding ortho intramolecular Hbond substituents is 1. The first-order valence-corrected chi connectivity index (χ1v) is 8.10. The maximum absolute atomic E-state index is 11.9. The molecule has 0 fully saturated rings. The predicted octanol–water partition coefficient (Wildman–Crippen LogP) is 4.57. The van der Waals surface area contributed by atoms with Crippen molar-refractivity contribution in [3.63, 3.8) is 0 Å². The first-order chi connectivity index (χ1) is 12.1. The van der Waals surface area contributed by atoms with Crippen LogP contribution in [0.4, 0.5) is 5.69 Å². The van der Waals surface area contributed by atoms with Crippen molar-refractivity contribution >= 4 is 27.4 Å². The van der Waals surface area contributed by atoms with Crippen LogP contribution in [0.2, 0.25) is 0 Å². The molecule has 0 aliphatic rings. The fourth-order valence-electron chi connectivity index (χ4n) is 3.06. The van der Waals surface area contributed by atoms with Crippen molar-refractivity contribution in [1.29, 1.82) is 0 Å². The van der Waals surface area contributed by atoms with Crippen molar-refractivity contribution in [1.82, 2.24) is 0 Å². The summed E-state index contributed by atoms with van der Waals surface area (Å²) in [6.45, 7) is 2.23. The molecule has 0 radical (unpaired) electrons. The molecule has 0 saturated heterocycles. The summed E-state index contributed by atoms with van der Waals surface area (Å²) >= 11 is 0. The zero-order chi connectivity index (χ0) is 17.4. The summed E-state index contributed by atoms with van der Waals surface area (Å²) in [7, 11) is 0. The van der Waals surface area contributed by atoms with Gasteiger partial charge in [0.2, 0.25) is 0 Å². The third-order valence-corrected chi connectivity index (χ3v) is 4.45. The number of anilines is 1. The fraction of sp³-hybridized carbons (Fsp3) is 0.0952. The minimum atomic E-state index is -0.420. The Labute approximate surface area is 144 Å². The average molecular weight is 331 g/mol. The van der Waals surface area contributed by atoms with Crippen LogP contribution >= 0.6 is 0 Å². The van der Waals surface area contributed by atoms with Gasteiger partial charge in [0.05, 0.1) is 0 Å². The number of nitrogens with one attached hydrogen (secondary N) is 1. The number of fused-ring (bicyclic) bond motifs is 2. The van der Waals surface area contributed by atoms with E-state index in [4.69, 9.17) is 4.42 Å². The van der Waals surface area contributed by atoms with Crippen molar-refractivity contribution in [2.75, 3.05) is 5.32 Å². The summed E-state index contributed by atoms with van der Waals surface area (Å²) in [6, 6.07) is 19.2. The zero-order valence-electron chi connectivity index (χ0n) is 13.7. The highest BCUT2D eigenvalue weighted by molar-refractivity contribution is 5.86. The average Bonchev–Trinajstić information content (AvgIpc) is 2.63. The van der Waals surface area contributed by atoms with Gasteiger partial charge in [-0.1, -0.05) is 30.3 Å². The number of aromatic hydroxyl groups is 1. The van der Waals surface area contributed by atoms with E-state index in [1.807, 2.05) is 18.2 Å². The van der Waals surface area contributed by atoms with E-state index < -0.39 is 5.63 Å². The van der Waals surface area contributed by atoms with E-state index in [2.05, 4.69) is 29.6 Å². The van der Waals surface area contributed by atoms with E-state index >= 15 is 0 Å². The van der Waals surface area contributed by atoms with E-state index in [0.717, 1.165) is 22.0 Å². The van der Waals surface area contributed by atoms with Crippen LogP contribution in [0, 0.1) is 6.92 Å². The number of aryl methyl sites for hydroxylation is 1. The highest BCUT2D eigenvalue weighted by Gasteiger charge is 2.10. The first-order valence-electron chi connectivity index (χ1n) is 8.10. The number of phenols is 1. The van der Waals surface area contributed by atoms with Gasteiger partial charge in [0, 0.05) is 29.2 Å². The van der Waals surface area contributed by atoms with E-state index in [0.29, 0.717) is 17.7 Å². The van der Waals surface area contributed by atoms with Gasteiger partial charge in [-0.25, -0.2) is 4.79 Å². The number of benzene rings is 3. The van der Waals surface area contributed by atoms with Gasteiger partial charge in [-0.2, -0.15) is 0 Å². The van der Waals surface area contributed by atoms with Crippen molar-refractivity contribution in [2.45, 2.75) is 13.5 Å². The van der Waals surface area contributed by atoms with Crippen LogP contribution < -0.4 is 10.9 Å². The van der Waals surface area contributed by atoms with E-state index in [9.17, 15) is 9.90 Å². The molecule has 0 bridgehead atoms. The fourth-order valence-corrected chi connectivity index (χ4v) is 3.06. The van der Waals surface area contributed by atoms with Crippen molar-refractivity contribution in [3.8, 4) is 5.75 Å². The SMILES string of the molecule is Cc1c(O)ccc2c(CNc3ccc4ccccc4c3)cc(=O)oc12. The molecule has 2 N–H and O–H groups in total. The van der Waals surface area contributed by atoms with E-state index in [1.54, 1.807) is 19.1 Å². The second-order valence-electron chi connectivity index (χ2n) is 6.09. The Hall–Kier alpha value is -3.27. The van der Waals surface area contributed by atoms with Gasteiger partial charge in [-0.15, -0.1) is 0 Å². The Bertz CT molecular complexity index is 1140. The van der Waals surface area contributed by atoms with Crippen LogP contribution in [0.3, 0.4) is 0 Å². The number of rotatable bonds is 3. The summed E-state index contributed by atoms with van der Waals surface area (Å²) in [6.07, 6.45) is 0. The molecule has 4 rings (SSSR count). The molecule has 4 aromatic rings. The van der Waals surface area contributed by atoms with Crippen molar-refractivity contribution in [2.24, 2.45) is 0 Å². The molecule has 1 aromatic heterocycles. The van der Waals surface area contributed by atoms with Crippen LogP contribution in [0.5, 0.6) is 5.75 Å². The van der Waals surface area contributed by atoms with Crippen LogP contribution in [-0.4, -0.2) is 5.11 Å². The third kappa shape index (κ3) is 2.83. The molecule has 0 aliphatic carbocycles. The van der Waals surface area contributed by atoms with Gasteiger partial charge in [0.1, 0.15) is 11.3 Å². The Morgan fingerprint density at radius 2 is 1.80 bits per heavy atom. The number of hydrogen-bond acceptors (Lipinski definition) is 4. The molecule has 3 aromatic carbocycles. The minimum Gasteiger partial charge on any atom is -0.508 e. The van der Waals surface area contributed by atoms with Crippen molar-refractivity contribution in [3.05, 3.63) is 82.2 Å². The largest absolute Gasteiger partial charge is 0.508 e. The number of hydrogen-bond donors (Lipinski definition) is 2. The highest BCUT2D eigenvalue weighted by Crippen LogP contribution is 2.28. The summed E-state index contributed by atoms with van der Waals surface area (Å²) in [5.74, 6) is 0.121. The molecule has 4 heteroatoms. The maximum atomic E-state index is 11.9. The van der Waals surface area contributed by atoms with Crippen LogP contribution in [0.15, 0.2) is 69.9 Å². The Morgan fingerprint density at radius 3 is 2.64 bits per heavy atom. The Kier molecular flexibility index (Phi) is 3.65. The molecule has 1 heterocycles. The monoisotopic (exact) mass is 331 g/mol. The molecule has 0 atom stereocenters. The minimum absolute atomic E-state index is 0.121. The third-order valence-electron chi connectivity index (χ3n) is 4.45. The predicted molar refractivity (Wildman–Crippen MR) is 100 cm³/mol. The quantitative estimate of drug-likeness (QED) is 0.540. The second-order valence-corrected chi connectivity index (χ2v) is 6.09. The first kappa shape index (κ1) is 15.3. The lowest BCUT2D eigenvalue weighted by Crippen LogP contribution is -2.06. The molecular weight excluding hydrogens is 314 g/mol. The van der Waals surface area contributed by atoms with Crippen LogP contribution in [-0.2, 0) is 6.54 Å². The van der Waals surface area contributed by atoms with E-state index in [1.165, 1.54) is 11.5 Å². The van der Waals surface area contributed by atoms with Gasteiger partial charge >= 0.3 is 5.63 Å². The van der Waals surface area contributed by atoms with Gasteiger partial charge < -0.3 is 14.8 Å². The summed E-state index contributed by atoms with van der Waals surface area (Å²) in [5, 5.41) is 16.4. The highest BCUT2D eigenvalue weighted by atomic mass is 16.4. The van der Waals surface area contributed by atoms with Crippen molar-refractivity contribution < 1.29 is 9.52 Å². The lowest BCUT2D eigenvalue weighted by Gasteiger charge is -2.11. The molecule has 0 amide bonds. The van der Waals surface area contributed by atoms with Gasteiger partial charge in [0.15, 0.2) is 0 Å². The summed E-state index contributed by atoms with van der Waals surface area (Å²) in [4.78, 5) is 11.9. The lowest BCUT2D eigenvalue weighted by atomic mass is 10.1. The molecule has 0 saturated carbocycles. The molecule has 4 nitrogen and oxygen atoms in total. The maximum Gasteiger partial charge on any atom is 0.336 e. The second kappa shape index (κ2) is 5.98. The van der Waals surface area contributed by atoms with E-state index in [-0.39, 0.29) is 5.75 Å². The standard InChI is InChI=1S/C21H17NO3/c1-13-19(23)9-8-18-16(11-20(24)25-21(13)18)12-22-17-7-6-14-4-2-3-5-15(14)10-17/h2-11,22-23H,12H2,1H3. The topological polar surface area (TPSA) is 62.5 Å². The van der Waals surface area contributed by atoms with Crippen LogP contribution in [0.1, 0.15) is 11.1 Å². The van der Waals surface area contributed by atoms with Crippen LogP contribution in [0.25, 0.3) is 21.7 Å². The molecule has 124 valence electrons. The lowest BCUT2D eigenvalue weighted by molar-refractivity contribution is 0.468. The Balaban J connectivity index is 1.70.